The molecule has 0 amide bonds. The fourth-order valence-electron chi connectivity index (χ4n) is 4.75. The average Bonchev–Trinajstić information content (AvgIpc) is 2.93. The topological polar surface area (TPSA) is 229 Å². The number of aliphatic hydroxyl groups excluding tert-OH is 6. The number of benzene rings is 2. The normalized spacial score (nSPS) is 34.0. The van der Waals surface area contributed by atoms with Crippen LogP contribution in [0, 0.1) is 0 Å². The molecule has 41 heavy (non-hydrogen) atoms. The monoisotopic (exact) mass is 578 g/mol. The Labute approximate surface area is 231 Å². The quantitative estimate of drug-likeness (QED) is 0.174. The summed E-state index contributed by atoms with van der Waals surface area (Å²) in [5.41, 5.74) is -0.487. The van der Waals surface area contributed by atoms with E-state index in [-0.39, 0.29) is 33.8 Å². The molecule has 0 spiro atoms. The van der Waals surface area contributed by atoms with E-state index >= 15 is 0 Å². The summed E-state index contributed by atoms with van der Waals surface area (Å²) in [6.07, 6.45) is -15.0. The molecule has 2 fully saturated rings. The minimum absolute atomic E-state index is 0.0148. The van der Waals surface area contributed by atoms with E-state index in [9.17, 15) is 45.6 Å². The Bertz CT molecular complexity index is 1440. The van der Waals surface area contributed by atoms with Gasteiger partial charge in [0.1, 0.15) is 76.7 Å². The fraction of sp³-hybridized carbons (Fsp3) is 0.444. The predicted molar refractivity (Wildman–Crippen MR) is 137 cm³/mol. The molecule has 222 valence electrons. The Morgan fingerprint density at radius 3 is 2.20 bits per heavy atom. The van der Waals surface area contributed by atoms with Gasteiger partial charge in [-0.05, 0) is 19.1 Å². The molecule has 1 aromatic heterocycles. The summed E-state index contributed by atoms with van der Waals surface area (Å²) >= 11 is 0. The first kappa shape index (κ1) is 29.2. The maximum absolute atomic E-state index is 12.7. The summed E-state index contributed by atoms with van der Waals surface area (Å²) in [5, 5.41) is 81.8. The van der Waals surface area contributed by atoms with Crippen molar-refractivity contribution in [2.24, 2.45) is 0 Å². The lowest BCUT2D eigenvalue weighted by molar-refractivity contribution is -0.318. The van der Waals surface area contributed by atoms with E-state index in [0.717, 1.165) is 12.1 Å². The molecule has 0 aliphatic carbocycles. The number of fused-ring (bicyclic) bond motifs is 1. The van der Waals surface area contributed by atoms with E-state index in [1.165, 1.54) is 25.1 Å². The summed E-state index contributed by atoms with van der Waals surface area (Å²) < 4.78 is 27.8. The van der Waals surface area contributed by atoms with Gasteiger partial charge in [0, 0.05) is 18.2 Å². The number of phenolic OH excluding ortho intramolecular Hbond substituents is 2. The van der Waals surface area contributed by atoms with Crippen LogP contribution < -0.4 is 10.2 Å². The first-order valence-corrected chi connectivity index (χ1v) is 12.7. The van der Waals surface area contributed by atoms with Gasteiger partial charge in [0.25, 0.3) is 0 Å². The van der Waals surface area contributed by atoms with Crippen molar-refractivity contribution in [2.75, 3.05) is 6.61 Å². The molecule has 0 radical (unpaired) electrons. The summed E-state index contributed by atoms with van der Waals surface area (Å²) in [5.74, 6) is -0.783. The van der Waals surface area contributed by atoms with Crippen molar-refractivity contribution < 1.29 is 64.2 Å². The van der Waals surface area contributed by atoms with Gasteiger partial charge in [-0.2, -0.15) is 0 Å². The third-order valence-corrected chi connectivity index (χ3v) is 7.11. The summed E-state index contributed by atoms with van der Waals surface area (Å²) in [7, 11) is 0. The van der Waals surface area contributed by atoms with Gasteiger partial charge in [-0.1, -0.05) is 12.1 Å². The molecular weight excluding hydrogens is 548 g/mol. The molecule has 14 nitrogen and oxygen atoms in total. The van der Waals surface area contributed by atoms with Crippen LogP contribution in [0.5, 0.6) is 17.2 Å². The molecule has 0 bridgehead atoms. The predicted octanol–water partition coefficient (Wildman–Crippen LogP) is -1.10. The molecule has 3 heterocycles. The van der Waals surface area contributed by atoms with E-state index in [1.54, 1.807) is 12.1 Å². The average molecular weight is 579 g/mol. The minimum atomic E-state index is -1.77. The zero-order valence-electron chi connectivity index (χ0n) is 21.5. The lowest BCUT2D eigenvalue weighted by Gasteiger charge is -2.42. The molecule has 0 unspecified atom stereocenters. The standard InChI is InChI=1S/C27H30O14/c1-10-20(31)22(33)24(35)26(38-10)37-9-18-21(32)23(34)25(36)27(41-18)39-11-6-14(29)19-15(30)8-16(40-17(19)7-11)12-4-2-3-5-13(12)28/h2-8,10,18,20-29,31-36H,9H2,1H3/t10-,18+,20-,21+,22+,23-,24+,25+,26+,27+/m0/s1. The molecule has 5 rings (SSSR count). The molecule has 8 N–H and O–H groups in total. The molecule has 10 atom stereocenters. The zero-order chi connectivity index (χ0) is 29.6. The minimum Gasteiger partial charge on any atom is -0.507 e. The highest BCUT2D eigenvalue weighted by molar-refractivity contribution is 5.86. The van der Waals surface area contributed by atoms with Crippen LogP contribution in [0.15, 0.2) is 51.7 Å². The van der Waals surface area contributed by atoms with Crippen molar-refractivity contribution >= 4 is 11.0 Å². The first-order chi connectivity index (χ1) is 19.5. The van der Waals surface area contributed by atoms with E-state index in [0.29, 0.717) is 0 Å². The van der Waals surface area contributed by atoms with Crippen molar-refractivity contribution in [3.05, 3.63) is 52.7 Å². The second-order valence-corrected chi connectivity index (χ2v) is 9.95. The maximum Gasteiger partial charge on any atom is 0.229 e. The van der Waals surface area contributed by atoms with Crippen LogP contribution in [-0.2, 0) is 14.2 Å². The molecule has 0 saturated carbocycles. The summed E-state index contributed by atoms with van der Waals surface area (Å²) in [6, 6.07) is 9.57. The molecule has 3 aromatic rings. The van der Waals surface area contributed by atoms with E-state index in [2.05, 4.69) is 0 Å². The van der Waals surface area contributed by atoms with Crippen LogP contribution in [0.2, 0.25) is 0 Å². The lowest BCUT2D eigenvalue weighted by atomic mass is 9.98. The van der Waals surface area contributed by atoms with Crippen molar-refractivity contribution in [1.82, 2.24) is 0 Å². The Hall–Kier alpha value is -3.31. The number of aromatic hydroxyl groups is 2. The smallest absolute Gasteiger partial charge is 0.229 e. The van der Waals surface area contributed by atoms with Crippen LogP contribution in [0.4, 0.5) is 0 Å². The van der Waals surface area contributed by atoms with Crippen molar-refractivity contribution in [3.8, 4) is 28.6 Å². The molecule has 2 aromatic carbocycles. The van der Waals surface area contributed by atoms with Crippen molar-refractivity contribution in [3.63, 3.8) is 0 Å². The van der Waals surface area contributed by atoms with E-state index in [1.807, 2.05) is 0 Å². The van der Waals surface area contributed by atoms with Crippen LogP contribution in [0.3, 0.4) is 0 Å². The van der Waals surface area contributed by atoms with Gasteiger partial charge in [-0.15, -0.1) is 0 Å². The highest BCUT2D eigenvalue weighted by atomic mass is 16.7. The number of rotatable bonds is 6. The van der Waals surface area contributed by atoms with Crippen LogP contribution >= 0.6 is 0 Å². The van der Waals surface area contributed by atoms with Crippen molar-refractivity contribution in [1.29, 1.82) is 0 Å². The SMILES string of the molecule is C[C@@H]1O[C@@H](OC[C@H]2O[C@@H](Oc3cc(O)c4c(=O)cc(-c5ccccc5O)oc4c3)[C@H](O)[C@@H](O)[C@@H]2O)[C@H](O)[C@H](O)[C@H]1O. The molecular formula is C27H30O14. The lowest BCUT2D eigenvalue weighted by Crippen LogP contribution is -2.61. The van der Waals surface area contributed by atoms with Crippen LogP contribution in [-0.4, -0.2) is 109 Å². The van der Waals surface area contributed by atoms with Gasteiger partial charge in [0.05, 0.1) is 18.3 Å². The molecule has 2 aliphatic rings. The van der Waals surface area contributed by atoms with Gasteiger partial charge in [-0.25, -0.2) is 0 Å². The van der Waals surface area contributed by atoms with Gasteiger partial charge in [0.2, 0.25) is 6.29 Å². The number of para-hydroxylation sites is 1. The van der Waals surface area contributed by atoms with Gasteiger partial charge >= 0.3 is 0 Å². The fourth-order valence-corrected chi connectivity index (χ4v) is 4.75. The number of hydrogen-bond acceptors (Lipinski definition) is 14. The number of ether oxygens (including phenoxy) is 4. The Kier molecular flexibility index (Phi) is 8.20. The Morgan fingerprint density at radius 2 is 1.46 bits per heavy atom. The maximum atomic E-state index is 12.7. The van der Waals surface area contributed by atoms with Gasteiger partial charge in [-0.3, -0.25) is 4.79 Å². The molecule has 2 saturated heterocycles. The summed E-state index contributed by atoms with van der Waals surface area (Å²) in [4.78, 5) is 12.7. The highest BCUT2D eigenvalue weighted by Gasteiger charge is 2.47. The van der Waals surface area contributed by atoms with E-state index in [4.69, 9.17) is 23.4 Å². The highest BCUT2D eigenvalue weighted by Crippen LogP contribution is 2.35. The van der Waals surface area contributed by atoms with Crippen molar-refractivity contribution in [2.45, 2.75) is 68.3 Å². The molecule has 14 heteroatoms. The largest absolute Gasteiger partial charge is 0.507 e. The first-order valence-electron chi connectivity index (χ1n) is 12.7. The van der Waals surface area contributed by atoms with Crippen LogP contribution in [0.1, 0.15) is 6.92 Å². The van der Waals surface area contributed by atoms with Crippen LogP contribution in [0.25, 0.3) is 22.3 Å². The Balaban J connectivity index is 1.36. The van der Waals surface area contributed by atoms with E-state index < -0.39 is 79.2 Å². The third kappa shape index (κ3) is 5.61. The van der Waals surface area contributed by atoms with Gasteiger partial charge < -0.3 is 64.2 Å². The molecule has 2 aliphatic heterocycles. The number of hydrogen-bond donors (Lipinski definition) is 8. The third-order valence-electron chi connectivity index (χ3n) is 7.11. The number of phenols is 2. The Morgan fingerprint density at radius 1 is 0.780 bits per heavy atom. The number of aliphatic hydroxyl groups is 6. The van der Waals surface area contributed by atoms with Gasteiger partial charge in [0.15, 0.2) is 11.7 Å². The second-order valence-electron chi connectivity index (χ2n) is 9.95. The zero-order valence-corrected chi connectivity index (χ0v) is 21.5. The summed E-state index contributed by atoms with van der Waals surface area (Å²) in [6.45, 7) is 0.961. The second kappa shape index (κ2) is 11.5.